The van der Waals surface area contributed by atoms with Crippen molar-refractivity contribution in [3.63, 3.8) is 0 Å². The second kappa shape index (κ2) is 6.44. The molecule has 0 aliphatic carbocycles. The largest absolute Gasteiger partial charge is 0.513 e. The minimum Gasteiger partial charge on any atom is -0.433 e. The van der Waals surface area contributed by atoms with E-state index in [0.717, 1.165) is 11.1 Å². The standard InChI is InChI=1S/C18H20O3/c1-18(2,3)13-20-17(19)21-16-12-8-7-11-15(16)14-9-5-4-6-10-14/h4-12H,13H2,1-3H3. The van der Waals surface area contributed by atoms with Gasteiger partial charge in [0, 0.05) is 5.56 Å². The van der Waals surface area contributed by atoms with Crippen LogP contribution in [0.2, 0.25) is 0 Å². The third kappa shape index (κ3) is 4.63. The zero-order valence-electron chi connectivity index (χ0n) is 12.6. The normalized spacial score (nSPS) is 11.0. The highest BCUT2D eigenvalue weighted by atomic mass is 16.7. The molecule has 0 bridgehead atoms. The molecule has 0 amide bonds. The Balaban J connectivity index is 2.13. The van der Waals surface area contributed by atoms with Gasteiger partial charge in [0.05, 0.1) is 6.61 Å². The fourth-order valence-corrected chi connectivity index (χ4v) is 1.81. The van der Waals surface area contributed by atoms with Crippen LogP contribution in [0.5, 0.6) is 5.75 Å². The lowest BCUT2D eigenvalue weighted by atomic mass is 9.99. The lowest BCUT2D eigenvalue weighted by molar-refractivity contribution is 0.0686. The Hall–Kier alpha value is -2.29. The number of rotatable bonds is 3. The molecule has 0 saturated heterocycles. The summed E-state index contributed by atoms with van der Waals surface area (Å²) in [5, 5.41) is 0. The monoisotopic (exact) mass is 284 g/mol. The van der Waals surface area contributed by atoms with Crippen LogP contribution in [0.4, 0.5) is 4.79 Å². The summed E-state index contributed by atoms with van der Waals surface area (Å²) in [7, 11) is 0. The molecule has 0 aromatic heterocycles. The van der Waals surface area contributed by atoms with Crippen LogP contribution < -0.4 is 4.74 Å². The van der Waals surface area contributed by atoms with Gasteiger partial charge in [0.15, 0.2) is 0 Å². The summed E-state index contributed by atoms with van der Waals surface area (Å²) in [5.41, 5.74) is 1.78. The summed E-state index contributed by atoms with van der Waals surface area (Å²) in [5.74, 6) is 0.502. The summed E-state index contributed by atoms with van der Waals surface area (Å²) in [6, 6.07) is 17.2. The molecule has 0 aliphatic heterocycles. The van der Waals surface area contributed by atoms with E-state index in [4.69, 9.17) is 9.47 Å². The minimum absolute atomic E-state index is 0.0853. The summed E-state index contributed by atoms with van der Waals surface area (Å²) in [6.45, 7) is 6.31. The molecule has 0 spiro atoms. The maximum Gasteiger partial charge on any atom is 0.513 e. The Kier molecular flexibility index (Phi) is 4.63. The van der Waals surface area contributed by atoms with Crippen LogP contribution in [-0.4, -0.2) is 12.8 Å². The van der Waals surface area contributed by atoms with Gasteiger partial charge in [-0.25, -0.2) is 4.79 Å². The van der Waals surface area contributed by atoms with Crippen LogP contribution >= 0.6 is 0 Å². The Bertz CT molecular complexity index is 597. The fourth-order valence-electron chi connectivity index (χ4n) is 1.81. The lowest BCUT2D eigenvalue weighted by Crippen LogP contribution is -2.20. The van der Waals surface area contributed by atoms with Crippen LogP contribution in [0.25, 0.3) is 11.1 Å². The van der Waals surface area contributed by atoms with E-state index in [1.807, 2.05) is 69.3 Å². The van der Waals surface area contributed by atoms with E-state index in [1.54, 1.807) is 6.07 Å². The van der Waals surface area contributed by atoms with Crippen molar-refractivity contribution in [2.24, 2.45) is 5.41 Å². The van der Waals surface area contributed by atoms with Gasteiger partial charge in [0.25, 0.3) is 0 Å². The molecule has 110 valence electrons. The topological polar surface area (TPSA) is 35.5 Å². The third-order valence-corrected chi connectivity index (χ3v) is 2.79. The molecular weight excluding hydrogens is 264 g/mol. The van der Waals surface area contributed by atoms with E-state index in [2.05, 4.69) is 0 Å². The predicted octanol–water partition coefficient (Wildman–Crippen LogP) is 4.92. The molecule has 0 atom stereocenters. The van der Waals surface area contributed by atoms with E-state index in [1.165, 1.54) is 0 Å². The van der Waals surface area contributed by atoms with Gasteiger partial charge < -0.3 is 9.47 Å². The number of benzene rings is 2. The Morgan fingerprint density at radius 1 is 0.952 bits per heavy atom. The highest BCUT2D eigenvalue weighted by Gasteiger charge is 2.16. The number of para-hydroxylation sites is 1. The van der Waals surface area contributed by atoms with Crippen LogP contribution in [-0.2, 0) is 4.74 Å². The summed E-state index contributed by atoms with van der Waals surface area (Å²) in [6.07, 6.45) is -0.673. The third-order valence-electron chi connectivity index (χ3n) is 2.79. The van der Waals surface area contributed by atoms with Crippen molar-refractivity contribution in [2.45, 2.75) is 20.8 Å². The summed E-state index contributed by atoms with van der Waals surface area (Å²) >= 11 is 0. The molecule has 0 heterocycles. The molecule has 0 aliphatic rings. The first-order chi connectivity index (χ1) is 9.96. The van der Waals surface area contributed by atoms with Crippen molar-refractivity contribution in [1.82, 2.24) is 0 Å². The van der Waals surface area contributed by atoms with E-state index >= 15 is 0 Å². The second-order valence-corrected chi connectivity index (χ2v) is 6.06. The highest BCUT2D eigenvalue weighted by molar-refractivity contribution is 5.74. The first kappa shape index (κ1) is 15.1. The summed E-state index contributed by atoms with van der Waals surface area (Å²) in [4.78, 5) is 11.8. The molecule has 0 fully saturated rings. The zero-order chi connectivity index (χ0) is 15.3. The van der Waals surface area contributed by atoms with Gasteiger partial charge in [0.2, 0.25) is 0 Å². The maximum atomic E-state index is 11.8. The lowest BCUT2D eigenvalue weighted by Gasteiger charge is -2.17. The van der Waals surface area contributed by atoms with Crippen molar-refractivity contribution < 1.29 is 14.3 Å². The van der Waals surface area contributed by atoms with Crippen molar-refractivity contribution in [3.05, 3.63) is 54.6 Å². The van der Waals surface area contributed by atoms with Crippen LogP contribution in [0.3, 0.4) is 0 Å². The van der Waals surface area contributed by atoms with Gasteiger partial charge in [-0.05, 0) is 17.0 Å². The van der Waals surface area contributed by atoms with E-state index in [0.29, 0.717) is 12.4 Å². The van der Waals surface area contributed by atoms with Gasteiger partial charge in [-0.1, -0.05) is 69.3 Å². The number of hydrogen-bond acceptors (Lipinski definition) is 3. The van der Waals surface area contributed by atoms with E-state index < -0.39 is 6.16 Å². The molecule has 0 saturated carbocycles. The molecular formula is C18H20O3. The molecule has 0 radical (unpaired) electrons. The van der Waals surface area contributed by atoms with Crippen LogP contribution in [0.1, 0.15) is 20.8 Å². The molecule has 2 rings (SSSR count). The van der Waals surface area contributed by atoms with E-state index in [-0.39, 0.29) is 5.41 Å². The average molecular weight is 284 g/mol. The summed E-state index contributed by atoms with van der Waals surface area (Å²) < 4.78 is 10.5. The minimum atomic E-state index is -0.673. The van der Waals surface area contributed by atoms with Gasteiger partial charge in [-0.2, -0.15) is 0 Å². The molecule has 3 heteroatoms. The predicted molar refractivity (Wildman–Crippen MR) is 83.3 cm³/mol. The number of hydrogen-bond donors (Lipinski definition) is 0. The SMILES string of the molecule is CC(C)(C)COC(=O)Oc1ccccc1-c1ccccc1. The fraction of sp³-hybridized carbons (Fsp3) is 0.278. The first-order valence-electron chi connectivity index (χ1n) is 6.95. The first-order valence-corrected chi connectivity index (χ1v) is 6.95. The smallest absolute Gasteiger partial charge is 0.433 e. The highest BCUT2D eigenvalue weighted by Crippen LogP contribution is 2.29. The van der Waals surface area contributed by atoms with Crippen molar-refractivity contribution in [2.75, 3.05) is 6.61 Å². The molecule has 2 aromatic rings. The van der Waals surface area contributed by atoms with Gasteiger partial charge in [-0.15, -0.1) is 0 Å². The molecule has 21 heavy (non-hydrogen) atoms. The number of ether oxygens (including phenoxy) is 2. The van der Waals surface area contributed by atoms with Crippen molar-refractivity contribution in [3.8, 4) is 16.9 Å². The Morgan fingerprint density at radius 3 is 2.24 bits per heavy atom. The van der Waals surface area contributed by atoms with Gasteiger partial charge in [-0.3, -0.25) is 0 Å². The zero-order valence-corrected chi connectivity index (χ0v) is 12.6. The second-order valence-electron chi connectivity index (χ2n) is 6.06. The van der Waals surface area contributed by atoms with Crippen molar-refractivity contribution >= 4 is 6.16 Å². The Labute approximate surface area is 125 Å². The van der Waals surface area contributed by atoms with Gasteiger partial charge in [0.1, 0.15) is 5.75 Å². The average Bonchev–Trinajstić information content (AvgIpc) is 2.46. The number of carbonyl (C=O) groups excluding carboxylic acids is 1. The van der Waals surface area contributed by atoms with Crippen LogP contribution in [0.15, 0.2) is 54.6 Å². The molecule has 2 aromatic carbocycles. The maximum absolute atomic E-state index is 11.8. The quantitative estimate of drug-likeness (QED) is 0.593. The molecule has 3 nitrogen and oxygen atoms in total. The van der Waals surface area contributed by atoms with Gasteiger partial charge >= 0.3 is 6.16 Å². The molecule has 0 unspecified atom stereocenters. The van der Waals surface area contributed by atoms with Crippen molar-refractivity contribution in [1.29, 1.82) is 0 Å². The Morgan fingerprint density at radius 2 is 1.57 bits per heavy atom. The van der Waals surface area contributed by atoms with Crippen LogP contribution in [0, 0.1) is 5.41 Å². The van der Waals surface area contributed by atoms with E-state index in [9.17, 15) is 4.79 Å². The number of carbonyl (C=O) groups is 1. The molecule has 0 N–H and O–H groups in total.